The number of carbonyl (C=O) groups excluding carboxylic acids is 1. The summed E-state index contributed by atoms with van der Waals surface area (Å²) >= 11 is 0. The summed E-state index contributed by atoms with van der Waals surface area (Å²) in [5.41, 5.74) is 2.05. The first-order valence-electron chi connectivity index (χ1n) is 8.00. The van der Waals surface area contributed by atoms with Crippen molar-refractivity contribution in [2.75, 3.05) is 20.8 Å². The molecule has 1 aromatic carbocycles. The Morgan fingerprint density at radius 2 is 1.83 bits per heavy atom. The summed E-state index contributed by atoms with van der Waals surface area (Å²) in [6.45, 7) is 5.68. The Labute approximate surface area is 143 Å². The molecule has 0 saturated carbocycles. The lowest BCUT2D eigenvalue weighted by molar-refractivity contribution is -0.146. The summed E-state index contributed by atoms with van der Waals surface area (Å²) in [6, 6.07) is 0.974. The first kappa shape index (κ1) is 18.7. The van der Waals surface area contributed by atoms with Crippen LogP contribution in [0.5, 0.6) is 5.75 Å². The number of carbonyl (C=O) groups is 1. The second-order valence-corrected chi connectivity index (χ2v) is 7.95. The van der Waals surface area contributed by atoms with E-state index in [1.807, 2.05) is 6.92 Å². The molecule has 7 heteroatoms. The van der Waals surface area contributed by atoms with Gasteiger partial charge in [-0.2, -0.15) is 4.31 Å². The highest BCUT2D eigenvalue weighted by Crippen LogP contribution is 2.34. The Balaban J connectivity index is 2.58. The SMILES string of the molecule is COC(=O)C1CCCCN1S(=O)(=O)c1c(C)cc(OC)c(C)c1C. The van der Waals surface area contributed by atoms with Gasteiger partial charge in [0.1, 0.15) is 11.8 Å². The minimum atomic E-state index is -3.80. The van der Waals surface area contributed by atoms with Crippen LogP contribution in [0, 0.1) is 20.8 Å². The van der Waals surface area contributed by atoms with Gasteiger partial charge in [-0.1, -0.05) is 0 Å². The smallest absolute Gasteiger partial charge is 0.324 e. The third kappa shape index (κ3) is 3.15. The van der Waals surface area contributed by atoms with Crippen LogP contribution >= 0.6 is 0 Å². The maximum atomic E-state index is 13.3. The molecule has 0 bridgehead atoms. The number of benzene rings is 1. The number of nitrogens with zero attached hydrogens (tertiary/aromatic N) is 1. The second-order valence-electron chi connectivity index (χ2n) is 6.13. The number of ether oxygens (including phenoxy) is 2. The van der Waals surface area contributed by atoms with Crippen LogP contribution < -0.4 is 4.74 Å². The number of hydrogen-bond donors (Lipinski definition) is 0. The zero-order valence-corrected chi connectivity index (χ0v) is 15.7. The number of sulfonamides is 1. The molecule has 0 aliphatic carbocycles. The molecule has 0 radical (unpaired) electrons. The molecular formula is C17H25NO5S. The van der Waals surface area contributed by atoms with Gasteiger partial charge in [0.05, 0.1) is 19.1 Å². The molecule has 1 aliphatic heterocycles. The molecule has 1 saturated heterocycles. The molecule has 1 unspecified atom stereocenters. The van der Waals surface area contributed by atoms with Crippen LogP contribution in [0.15, 0.2) is 11.0 Å². The fourth-order valence-electron chi connectivity index (χ4n) is 3.31. The van der Waals surface area contributed by atoms with Gasteiger partial charge in [0.2, 0.25) is 10.0 Å². The standard InChI is InChI=1S/C17H25NO5S/c1-11-10-15(22-4)12(2)13(3)16(11)24(20,21)18-9-7-6-8-14(18)17(19)23-5/h10,14H,6-9H2,1-5H3. The summed E-state index contributed by atoms with van der Waals surface area (Å²) < 4.78 is 38.0. The van der Waals surface area contributed by atoms with E-state index in [0.717, 1.165) is 18.4 Å². The van der Waals surface area contributed by atoms with E-state index >= 15 is 0 Å². The zero-order valence-electron chi connectivity index (χ0n) is 14.9. The van der Waals surface area contributed by atoms with E-state index in [9.17, 15) is 13.2 Å². The first-order valence-corrected chi connectivity index (χ1v) is 9.44. The Morgan fingerprint density at radius 1 is 1.17 bits per heavy atom. The van der Waals surface area contributed by atoms with Crippen LogP contribution in [0.2, 0.25) is 0 Å². The number of rotatable bonds is 4. The molecule has 1 atom stereocenters. The van der Waals surface area contributed by atoms with Gasteiger partial charge in [0, 0.05) is 6.54 Å². The van der Waals surface area contributed by atoms with E-state index < -0.39 is 22.0 Å². The lowest BCUT2D eigenvalue weighted by Crippen LogP contribution is -2.48. The van der Waals surface area contributed by atoms with E-state index in [0.29, 0.717) is 29.8 Å². The van der Waals surface area contributed by atoms with Crippen LogP contribution in [-0.2, 0) is 19.6 Å². The third-order valence-electron chi connectivity index (χ3n) is 4.69. The fourth-order valence-corrected chi connectivity index (χ4v) is 5.45. The summed E-state index contributed by atoms with van der Waals surface area (Å²) in [5.74, 6) is 0.158. The number of aryl methyl sites for hydroxylation is 1. The molecule has 1 aromatic rings. The van der Waals surface area contributed by atoms with Gasteiger partial charge in [-0.05, 0) is 62.8 Å². The van der Waals surface area contributed by atoms with Gasteiger partial charge in [-0.25, -0.2) is 8.42 Å². The summed E-state index contributed by atoms with van der Waals surface area (Å²) in [4.78, 5) is 12.3. The van der Waals surface area contributed by atoms with E-state index in [2.05, 4.69) is 0 Å². The van der Waals surface area contributed by atoms with E-state index in [1.165, 1.54) is 11.4 Å². The number of esters is 1. The highest BCUT2D eigenvalue weighted by Gasteiger charge is 2.39. The Bertz CT molecular complexity index is 742. The third-order valence-corrected chi connectivity index (χ3v) is 6.89. The quantitative estimate of drug-likeness (QED) is 0.775. The van der Waals surface area contributed by atoms with E-state index in [1.54, 1.807) is 27.0 Å². The van der Waals surface area contributed by atoms with Gasteiger partial charge in [0.15, 0.2) is 0 Å². The van der Waals surface area contributed by atoms with Crippen molar-refractivity contribution in [2.24, 2.45) is 0 Å². The monoisotopic (exact) mass is 355 g/mol. The molecule has 0 N–H and O–H groups in total. The highest BCUT2D eigenvalue weighted by molar-refractivity contribution is 7.89. The van der Waals surface area contributed by atoms with Gasteiger partial charge in [0.25, 0.3) is 0 Å². The number of hydrogen-bond acceptors (Lipinski definition) is 5. The minimum Gasteiger partial charge on any atom is -0.496 e. The van der Waals surface area contributed by atoms with E-state index in [-0.39, 0.29) is 4.90 Å². The maximum absolute atomic E-state index is 13.3. The van der Waals surface area contributed by atoms with Gasteiger partial charge in [-0.15, -0.1) is 0 Å². The van der Waals surface area contributed by atoms with Crippen LogP contribution in [0.4, 0.5) is 0 Å². The lowest BCUT2D eigenvalue weighted by Gasteiger charge is -2.33. The van der Waals surface area contributed by atoms with Gasteiger partial charge < -0.3 is 9.47 Å². The average Bonchev–Trinajstić information content (AvgIpc) is 2.57. The number of piperidine rings is 1. The van der Waals surface area contributed by atoms with Crippen molar-refractivity contribution in [3.63, 3.8) is 0 Å². The second kappa shape index (κ2) is 7.11. The Kier molecular flexibility index (Phi) is 5.55. The fraction of sp³-hybridized carbons (Fsp3) is 0.588. The van der Waals surface area contributed by atoms with Crippen molar-refractivity contribution in [3.05, 3.63) is 22.8 Å². The van der Waals surface area contributed by atoms with E-state index in [4.69, 9.17) is 9.47 Å². The van der Waals surface area contributed by atoms with Gasteiger partial charge in [-0.3, -0.25) is 4.79 Å². The van der Waals surface area contributed by atoms with Gasteiger partial charge >= 0.3 is 5.97 Å². The lowest BCUT2D eigenvalue weighted by atomic mass is 10.1. The molecule has 2 rings (SSSR count). The Hall–Kier alpha value is -1.60. The molecule has 0 amide bonds. The predicted octanol–water partition coefficient (Wildman–Crippen LogP) is 2.34. The molecular weight excluding hydrogens is 330 g/mol. The predicted molar refractivity (Wildman–Crippen MR) is 90.8 cm³/mol. The molecule has 134 valence electrons. The summed E-state index contributed by atoms with van der Waals surface area (Å²) in [7, 11) is -0.948. The van der Waals surface area contributed by atoms with Crippen LogP contribution in [0.1, 0.15) is 36.0 Å². The van der Waals surface area contributed by atoms with Crippen molar-refractivity contribution in [1.29, 1.82) is 0 Å². The highest BCUT2D eigenvalue weighted by atomic mass is 32.2. The molecule has 1 fully saturated rings. The van der Waals surface area contributed by atoms with Crippen molar-refractivity contribution >= 4 is 16.0 Å². The maximum Gasteiger partial charge on any atom is 0.324 e. The van der Waals surface area contributed by atoms with Crippen molar-refractivity contribution in [2.45, 2.75) is 51.0 Å². The zero-order chi connectivity index (χ0) is 18.1. The molecule has 0 aromatic heterocycles. The first-order chi connectivity index (χ1) is 11.3. The Morgan fingerprint density at radius 3 is 2.42 bits per heavy atom. The minimum absolute atomic E-state index is 0.261. The normalized spacial score (nSPS) is 19.1. The number of methoxy groups -OCH3 is 2. The van der Waals surface area contributed by atoms with Crippen LogP contribution in [-0.4, -0.2) is 45.5 Å². The summed E-state index contributed by atoms with van der Waals surface area (Å²) in [5, 5.41) is 0. The van der Waals surface area contributed by atoms with Crippen molar-refractivity contribution in [3.8, 4) is 5.75 Å². The molecule has 24 heavy (non-hydrogen) atoms. The van der Waals surface area contributed by atoms with Crippen molar-refractivity contribution < 1.29 is 22.7 Å². The molecule has 1 aliphatic rings. The van der Waals surface area contributed by atoms with Crippen LogP contribution in [0.3, 0.4) is 0 Å². The van der Waals surface area contributed by atoms with Crippen molar-refractivity contribution in [1.82, 2.24) is 4.31 Å². The molecule has 0 spiro atoms. The summed E-state index contributed by atoms with van der Waals surface area (Å²) in [6.07, 6.45) is 2.03. The molecule has 6 nitrogen and oxygen atoms in total. The largest absolute Gasteiger partial charge is 0.496 e. The molecule has 1 heterocycles. The average molecular weight is 355 g/mol. The topological polar surface area (TPSA) is 72.9 Å². The van der Waals surface area contributed by atoms with Crippen LogP contribution in [0.25, 0.3) is 0 Å².